The van der Waals surface area contributed by atoms with Gasteiger partial charge in [-0.25, -0.2) is 4.98 Å². The minimum atomic E-state index is -0.245. The van der Waals surface area contributed by atoms with Crippen LogP contribution >= 0.6 is 11.8 Å². The van der Waals surface area contributed by atoms with E-state index in [9.17, 15) is 14.4 Å². The first kappa shape index (κ1) is 22.1. The number of carbonyl (C=O) groups excluding carboxylic acids is 2. The lowest BCUT2D eigenvalue weighted by molar-refractivity contribution is 0.0655. The molecule has 0 saturated carbocycles. The number of hydrogen-bond acceptors (Lipinski definition) is 5. The number of hydrogen-bond donors (Lipinski definition) is 0. The van der Waals surface area contributed by atoms with E-state index in [1.807, 2.05) is 55.5 Å². The Morgan fingerprint density at radius 3 is 2.24 bits per heavy atom. The summed E-state index contributed by atoms with van der Waals surface area (Å²) in [7, 11) is 0. The molecule has 6 nitrogen and oxygen atoms in total. The van der Waals surface area contributed by atoms with Gasteiger partial charge >= 0.3 is 0 Å². The molecule has 2 heterocycles. The number of nitrogens with zero attached hydrogens (tertiary/aromatic N) is 3. The third kappa shape index (κ3) is 4.15. The minimum Gasteiger partial charge on any atom is -0.283 e. The molecular weight excluding hydrogens is 446 g/mol. The molecule has 0 spiro atoms. The predicted octanol–water partition coefficient (Wildman–Crippen LogP) is 4.53. The van der Waals surface area contributed by atoms with Crippen molar-refractivity contribution in [2.75, 3.05) is 12.3 Å². The van der Waals surface area contributed by atoms with Gasteiger partial charge < -0.3 is 0 Å². The lowest BCUT2D eigenvalue weighted by atomic mass is 10.1. The second-order valence-corrected chi connectivity index (χ2v) is 9.36. The van der Waals surface area contributed by atoms with Gasteiger partial charge in [-0.1, -0.05) is 65.9 Å². The lowest BCUT2D eigenvalue weighted by Crippen LogP contribution is -2.31. The van der Waals surface area contributed by atoms with Crippen molar-refractivity contribution in [3.8, 4) is 0 Å². The Kier molecular flexibility index (Phi) is 6.02. The summed E-state index contributed by atoms with van der Waals surface area (Å²) in [5.74, 6) is 0.128. The molecule has 1 aromatic heterocycles. The van der Waals surface area contributed by atoms with E-state index in [4.69, 9.17) is 4.98 Å². The van der Waals surface area contributed by atoms with Crippen LogP contribution in [-0.2, 0) is 6.54 Å². The van der Waals surface area contributed by atoms with Crippen LogP contribution < -0.4 is 5.56 Å². The van der Waals surface area contributed by atoms with Crippen molar-refractivity contribution in [2.45, 2.75) is 25.0 Å². The summed E-state index contributed by atoms with van der Waals surface area (Å²) in [6, 6.07) is 22.4. The monoisotopic (exact) mass is 469 g/mol. The van der Waals surface area contributed by atoms with Crippen LogP contribution in [0.3, 0.4) is 0 Å². The normalized spacial score (nSPS) is 13.0. The third-order valence-electron chi connectivity index (χ3n) is 5.89. The summed E-state index contributed by atoms with van der Waals surface area (Å²) >= 11 is 1.47. The highest BCUT2D eigenvalue weighted by Crippen LogP contribution is 2.24. The highest BCUT2D eigenvalue weighted by atomic mass is 32.2. The molecule has 170 valence electrons. The van der Waals surface area contributed by atoms with Crippen molar-refractivity contribution in [3.63, 3.8) is 0 Å². The maximum absolute atomic E-state index is 13.4. The van der Waals surface area contributed by atoms with Crippen molar-refractivity contribution in [1.29, 1.82) is 0 Å². The first-order valence-electron chi connectivity index (χ1n) is 11.2. The maximum atomic E-state index is 13.4. The second kappa shape index (κ2) is 9.27. The molecule has 0 saturated heterocycles. The molecule has 7 heteroatoms. The zero-order valence-electron chi connectivity index (χ0n) is 18.7. The van der Waals surface area contributed by atoms with Crippen molar-refractivity contribution in [1.82, 2.24) is 14.5 Å². The molecular formula is C27H23N3O3S. The minimum absolute atomic E-state index is 0.0691. The molecule has 3 aromatic carbocycles. The Balaban J connectivity index is 1.35. The van der Waals surface area contributed by atoms with E-state index in [0.29, 0.717) is 52.4 Å². The van der Waals surface area contributed by atoms with Crippen LogP contribution in [0.5, 0.6) is 0 Å². The number of aryl methyl sites for hydroxylation is 1. The number of amides is 2. The topological polar surface area (TPSA) is 72.3 Å². The number of benzene rings is 3. The van der Waals surface area contributed by atoms with Gasteiger partial charge in [0.15, 0.2) is 5.16 Å². The van der Waals surface area contributed by atoms with Crippen molar-refractivity contribution < 1.29 is 9.59 Å². The smallest absolute Gasteiger partial charge is 0.262 e. The van der Waals surface area contributed by atoms with Crippen molar-refractivity contribution in [2.24, 2.45) is 0 Å². The van der Waals surface area contributed by atoms with Gasteiger partial charge in [0, 0.05) is 12.3 Å². The molecule has 0 fully saturated rings. The molecule has 2 amide bonds. The van der Waals surface area contributed by atoms with E-state index in [1.54, 1.807) is 28.8 Å². The second-order valence-electron chi connectivity index (χ2n) is 8.30. The molecule has 0 bridgehead atoms. The average Bonchev–Trinajstić information content (AvgIpc) is 3.10. The SMILES string of the molecule is Cc1ccc2nc(SCCCN3C(=O)c4ccccc4C3=O)n(Cc3ccccc3)c(=O)c2c1. The Labute approximate surface area is 201 Å². The molecule has 0 atom stereocenters. The Morgan fingerprint density at radius 1 is 0.853 bits per heavy atom. The lowest BCUT2D eigenvalue weighted by Gasteiger charge is -2.15. The summed E-state index contributed by atoms with van der Waals surface area (Å²) in [4.78, 5) is 44.6. The summed E-state index contributed by atoms with van der Waals surface area (Å²) in [6.07, 6.45) is 0.600. The van der Waals surface area contributed by atoms with Crippen LogP contribution in [0.1, 0.15) is 38.3 Å². The van der Waals surface area contributed by atoms with Gasteiger partial charge in [-0.15, -0.1) is 0 Å². The summed E-state index contributed by atoms with van der Waals surface area (Å²) in [6.45, 7) is 2.72. The zero-order valence-corrected chi connectivity index (χ0v) is 19.5. The molecule has 0 N–H and O–H groups in total. The quantitative estimate of drug-likeness (QED) is 0.172. The molecule has 1 aliphatic rings. The molecule has 4 aromatic rings. The Hall–Kier alpha value is -3.71. The Morgan fingerprint density at radius 2 is 1.53 bits per heavy atom. The molecule has 5 rings (SSSR count). The summed E-state index contributed by atoms with van der Waals surface area (Å²) in [5.41, 5.74) is 3.56. The number of carbonyl (C=O) groups is 2. The molecule has 0 unspecified atom stereocenters. The highest BCUT2D eigenvalue weighted by molar-refractivity contribution is 7.99. The first-order chi connectivity index (χ1) is 16.5. The van der Waals surface area contributed by atoms with E-state index in [1.165, 1.54) is 16.7 Å². The van der Waals surface area contributed by atoms with E-state index < -0.39 is 0 Å². The van der Waals surface area contributed by atoms with Crippen LogP contribution in [0.4, 0.5) is 0 Å². The van der Waals surface area contributed by atoms with Gasteiger partial charge in [-0.3, -0.25) is 23.9 Å². The largest absolute Gasteiger partial charge is 0.283 e. The number of aromatic nitrogens is 2. The summed E-state index contributed by atoms with van der Waals surface area (Å²) in [5, 5.41) is 1.24. The van der Waals surface area contributed by atoms with Gasteiger partial charge in [-0.05, 0) is 43.2 Å². The van der Waals surface area contributed by atoms with Crippen molar-refractivity contribution >= 4 is 34.5 Å². The molecule has 1 aliphatic heterocycles. The molecule has 0 radical (unpaired) electrons. The molecule has 0 aliphatic carbocycles. The number of thioether (sulfide) groups is 1. The van der Waals surface area contributed by atoms with Crippen LogP contribution in [0.15, 0.2) is 82.7 Å². The fourth-order valence-electron chi connectivity index (χ4n) is 4.16. The van der Waals surface area contributed by atoms with Gasteiger partial charge in [0.05, 0.1) is 28.6 Å². The highest BCUT2D eigenvalue weighted by Gasteiger charge is 2.34. The zero-order chi connectivity index (χ0) is 23.7. The summed E-state index contributed by atoms with van der Waals surface area (Å²) < 4.78 is 1.71. The van der Waals surface area contributed by atoms with E-state index in [0.717, 1.165) is 11.1 Å². The van der Waals surface area contributed by atoms with Gasteiger partial charge in [0.1, 0.15) is 0 Å². The van der Waals surface area contributed by atoms with Gasteiger partial charge in [-0.2, -0.15) is 0 Å². The number of fused-ring (bicyclic) bond motifs is 2. The van der Waals surface area contributed by atoms with Crippen LogP contribution in [0.25, 0.3) is 10.9 Å². The van der Waals surface area contributed by atoms with Crippen LogP contribution in [-0.4, -0.2) is 38.6 Å². The average molecular weight is 470 g/mol. The number of rotatable bonds is 7. The fourth-order valence-corrected chi connectivity index (χ4v) is 5.08. The third-order valence-corrected chi connectivity index (χ3v) is 6.96. The standard InChI is InChI=1S/C27H23N3O3S/c1-18-12-13-23-22(16-18)26(33)30(17-19-8-3-2-4-9-19)27(28-23)34-15-7-14-29-24(31)20-10-5-6-11-21(20)25(29)32/h2-6,8-13,16H,7,14-15,17H2,1H3. The van der Waals surface area contributed by atoms with E-state index >= 15 is 0 Å². The number of imide groups is 1. The van der Waals surface area contributed by atoms with Crippen LogP contribution in [0.2, 0.25) is 0 Å². The van der Waals surface area contributed by atoms with Crippen molar-refractivity contribution in [3.05, 3.63) is 105 Å². The van der Waals surface area contributed by atoms with Crippen LogP contribution in [0, 0.1) is 6.92 Å². The van der Waals surface area contributed by atoms with Gasteiger partial charge in [0.2, 0.25) is 0 Å². The predicted molar refractivity (Wildman–Crippen MR) is 133 cm³/mol. The van der Waals surface area contributed by atoms with E-state index in [-0.39, 0.29) is 17.4 Å². The van der Waals surface area contributed by atoms with Gasteiger partial charge in [0.25, 0.3) is 17.4 Å². The van der Waals surface area contributed by atoms with E-state index in [2.05, 4.69) is 0 Å². The maximum Gasteiger partial charge on any atom is 0.262 e. The first-order valence-corrected chi connectivity index (χ1v) is 12.1. The Bertz CT molecular complexity index is 1430. The fraction of sp³-hybridized carbons (Fsp3) is 0.185. The molecule has 34 heavy (non-hydrogen) atoms.